The first-order valence-corrected chi connectivity index (χ1v) is 11.2. The predicted octanol–water partition coefficient (Wildman–Crippen LogP) is 5.80. The smallest absolute Gasteiger partial charge is 0.306 e. The SMILES string of the molecule is CCCCCCCCCCCCc1cccc(OS(C)(=O)=O)c1C. The zero-order valence-electron chi connectivity index (χ0n) is 15.6. The van der Waals surface area contributed by atoms with Crippen LogP contribution in [0.25, 0.3) is 0 Å². The molecule has 3 nitrogen and oxygen atoms in total. The van der Waals surface area contributed by atoms with Crippen molar-refractivity contribution in [1.29, 1.82) is 0 Å². The van der Waals surface area contributed by atoms with Gasteiger partial charge in [-0.15, -0.1) is 0 Å². The molecule has 138 valence electrons. The molecule has 0 radical (unpaired) electrons. The normalized spacial score (nSPS) is 11.6. The first-order chi connectivity index (χ1) is 11.4. The van der Waals surface area contributed by atoms with E-state index in [1.165, 1.54) is 63.4 Å². The quantitative estimate of drug-likeness (QED) is 0.332. The van der Waals surface area contributed by atoms with E-state index in [0.717, 1.165) is 24.7 Å². The molecule has 1 rings (SSSR count). The van der Waals surface area contributed by atoms with Crippen LogP contribution < -0.4 is 4.18 Å². The topological polar surface area (TPSA) is 43.4 Å². The Balaban J connectivity index is 2.22. The lowest BCUT2D eigenvalue weighted by Gasteiger charge is -2.11. The second-order valence-corrected chi connectivity index (χ2v) is 8.33. The van der Waals surface area contributed by atoms with Crippen molar-refractivity contribution in [2.24, 2.45) is 0 Å². The largest absolute Gasteiger partial charge is 0.382 e. The lowest BCUT2D eigenvalue weighted by atomic mass is 10.0. The average Bonchev–Trinajstić information content (AvgIpc) is 2.51. The number of aryl methyl sites for hydroxylation is 1. The van der Waals surface area contributed by atoms with Crippen LogP contribution in [0.1, 0.15) is 82.3 Å². The number of unbranched alkanes of at least 4 members (excludes halogenated alkanes) is 9. The van der Waals surface area contributed by atoms with E-state index in [9.17, 15) is 8.42 Å². The van der Waals surface area contributed by atoms with Crippen molar-refractivity contribution in [3.63, 3.8) is 0 Å². The van der Waals surface area contributed by atoms with Crippen LogP contribution in [0.15, 0.2) is 18.2 Å². The van der Waals surface area contributed by atoms with E-state index >= 15 is 0 Å². The maximum Gasteiger partial charge on any atom is 0.306 e. The average molecular weight is 355 g/mol. The molecule has 0 bridgehead atoms. The Bertz CT molecular complexity index is 564. The van der Waals surface area contributed by atoms with Gasteiger partial charge in [-0.05, 0) is 37.0 Å². The van der Waals surface area contributed by atoms with E-state index in [1.54, 1.807) is 6.07 Å². The third-order valence-corrected chi connectivity index (χ3v) is 4.92. The number of rotatable bonds is 13. The van der Waals surface area contributed by atoms with E-state index in [2.05, 4.69) is 13.0 Å². The third kappa shape index (κ3) is 9.31. The summed E-state index contributed by atoms with van der Waals surface area (Å²) in [6.07, 6.45) is 15.3. The minimum Gasteiger partial charge on any atom is -0.382 e. The molecule has 0 amide bonds. The molecule has 1 aromatic rings. The predicted molar refractivity (Wildman–Crippen MR) is 102 cm³/mol. The van der Waals surface area contributed by atoms with Crippen LogP contribution in [0.4, 0.5) is 0 Å². The second-order valence-electron chi connectivity index (χ2n) is 6.76. The number of benzene rings is 1. The third-order valence-electron chi connectivity index (χ3n) is 4.44. The number of hydrogen-bond acceptors (Lipinski definition) is 3. The molecule has 0 aliphatic rings. The summed E-state index contributed by atoms with van der Waals surface area (Å²) >= 11 is 0. The first kappa shape index (κ1) is 21.0. The van der Waals surface area contributed by atoms with Crippen LogP contribution in [0, 0.1) is 6.92 Å². The highest BCUT2D eigenvalue weighted by Crippen LogP contribution is 2.24. The van der Waals surface area contributed by atoms with E-state index < -0.39 is 10.1 Å². The van der Waals surface area contributed by atoms with Gasteiger partial charge in [0.15, 0.2) is 0 Å². The van der Waals surface area contributed by atoms with Crippen LogP contribution in [0.3, 0.4) is 0 Å². The van der Waals surface area contributed by atoms with Gasteiger partial charge in [0.05, 0.1) is 6.26 Å². The van der Waals surface area contributed by atoms with Crippen molar-refractivity contribution in [2.45, 2.75) is 84.5 Å². The molecule has 0 spiro atoms. The van der Waals surface area contributed by atoms with Crippen molar-refractivity contribution < 1.29 is 12.6 Å². The zero-order valence-corrected chi connectivity index (χ0v) is 16.5. The Morgan fingerprint density at radius 1 is 0.875 bits per heavy atom. The minimum absolute atomic E-state index is 0.460. The zero-order chi connectivity index (χ0) is 17.8. The molecule has 0 saturated carbocycles. The Kier molecular flexibility index (Phi) is 10.1. The highest BCUT2D eigenvalue weighted by atomic mass is 32.2. The Hall–Kier alpha value is -1.03. The van der Waals surface area contributed by atoms with Gasteiger partial charge in [0.1, 0.15) is 5.75 Å². The lowest BCUT2D eigenvalue weighted by Crippen LogP contribution is -2.07. The molecule has 1 aromatic carbocycles. The van der Waals surface area contributed by atoms with Gasteiger partial charge in [-0.25, -0.2) is 0 Å². The highest BCUT2D eigenvalue weighted by molar-refractivity contribution is 7.86. The van der Waals surface area contributed by atoms with Crippen LogP contribution in [0.5, 0.6) is 5.75 Å². The molecule has 0 saturated heterocycles. The first-order valence-electron chi connectivity index (χ1n) is 9.42. The summed E-state index contributed by atoms with van der Waals surface area (Å²) in [7, 11) is -3.46. The standard InChI is InChI=1S/C20H34O3S/c1-4-5-6-7-8-9-10-11-12-13-15-19-16-14-17-20(18(19)2)23-24(3,21)22/h14,16-17H,4-13,15H2,1-3H3. The fourth-order valence-corrected chi connectivity index (χ4v) is 3.49. The van der Waals surface area contributed by atoms with Gasteiger partial charge in [-0.1, -0.05) is 76.8 Å². The van der Waals surface area contributed by atoms with Crippen molar-refractivity contribution in [3.8, 4) is 5.75 Å². The molecular weight excluding hydrogens is 320 g/mol. The summed E-state index contributed by atoms with van der Waals surface area (Å²) in [6.45, 7) is 4.19. The van der Waals surface area contributed by atoms with Crippen LogP contribution >= 0.6 is 0 Å². The van der Waals surface area contributed by atoms with Gasteiger partial charge < -0.3 is 4.18 Å². The molecule has 0 atom stereocenters. The maximum absolute atomic E-state index is 11.3. The van der Waals surface area contributed by atoms with Crippen LogP contribution in [0.2, 0.25) is 0 Å². The van der Waals surface area contributed by atoms with E-state index in [0.29, 0.717) is 5.75 Å². The molecule has 0 unspecified atom stereocenters. The summed E-state index contributed by atoms with van der Waals surface area (Å²) in [5.74, 6) is 0.460. The summed E-state index contributed by atoms with van der Waals surface area (Å²) in [4.78, 5) is 0. The molecule has 0 aromatic heterocycles. The Morgan fingerprint density at radius 2 is 1.42 bits per heavy atom. The molecular formula is C20H34O3S. The summed E-state index contributed by atoms with van der Waals surface area (Å²) in [5, 5.41) is 0. The molecule has 0 aliphatic carbocycles. The van der Waals surface area contributed by atoms with Crippen molar-refractivity contribution in [2.75, 3.05) is 6.26 Å². The molecule has 24 heavy (non-hydrogen) atoms. The lowest BCUT2D eigenvalue weighted by molar-refractivity contribution is 0.490. The maximum atomic E-state index is 11.3. The van der Waals surface area contributed by atoms with Gasteiger partial charge in [-0.3, -0.25) is 0 Å². The van der Waals surface area contributed by atoms with Gasteiger partial charge in [0, 0.05) is 0 Å². The highest BCUT2D eigenvalue weighted by Gasteiger charge is 2.10. The summed E-state index contributed by atoms with van der Waals surface area (Å²) < 4.78 is 27.6. The van der Waals surface area contributed by atoms with Crippen LogP contribution in [-0.4, -0.2) is 14.7 Å². The summed E-state index contributed by atoms with van der Waals surface area (Å²) in [5.41, 5.74) is 2.13. The molecule has 0 heterocycles. The second kappa shape index (κ2) is 11.5. The fraction of sp³-hybridized carbons (Fsp3) is 0.700. The molecule has 0 N–H and O–H groups in total. The van der Waals surface area contributed by atoms with Gasteiger partial charge in [-0.2, -0.15) is 8.42 Å². The fourth-order valence-electron chi connectivity index (χ4n) is 2.99. The van der Waals surface area contributed by atoms with E-state index in [-0.39, 0.29) is 0 Å². The van der Waals surface area contributed by atoms with Crippen molar-refractivity contribution >= 4 is 10.1 Å². The van der Waals surface area contributed by atoms with Gasteiger partial charge in [0.2, 0.25) is 0 Å². The summed E-state index contributed by atoms with van der Waals surface area (Å²) in [6, 6.07) is 5.66. The van der Waals surface area contributed by atoms with Crippen molar-refractivity contribution in [1.82, 2.24) is 0 Å². The molecule has 0 aliphatic heterocycles. The Labute approximate surface area is 148 Å². The van der Waals surface area contributed by atoms with Crippen LogP contribution in [-0.2, 0) is 16.5 Å². The van der Waals surface area contributed by atoms with E-state index in [1.807, 2.05) is 13.0 Å². The molecule has 0 fully saturated rings. The molecule has 4 heteroatoms. The minimum atomic E-state index is -3.46. The van der Waals surface area contributed by atoms with Gasteiger partial charge >= 0.3 is 10.1 Å². The van der Waals surface area contributed by atoms with Crippen molar-refractivity contribution in [3.05, 3.63) is 29.3 Å². The number of hydrogen-bond donors (Lipinski definition) is 0. The monoisotopic (exact) mass is 354 g/mol. The Morgan fingerprint density at radius 3 is 1.96 bits per heavy atom. The van der Waals surface area contributed by atoms with E-state index in [4.69, 9.17) is 4.18 Å². The van der Waals surface area contributed by atoms with Gasteiger partial charge in [0.25, 0.3) is 0 Å².